The summed E-state index contributed by atoms with van der Waals surface area (Å²) in [5, 5.41) is 19.3. The number of ether oxygens (including phenoxy) is 1. The van der Waals surface area contributed by atoms with Gasteiger partial charge in [0.15, 0.2) is 0 Å². The number of imide groups is 1. The molecule has 222 valence electrons. The smallest absolute Gasteiger partial charge is 0.303 e. The minimum atomic E-state index is -0.826. The van der Waals surface area contributed by atoms with Crippen LogP contribution in [0.25, 0.3) is 11.6 Å². The van der Waals surface area contributed by atoms with Crippen molar-refractivity contribution in [1.29, 1.82) is 0 Å². The Labute approximate surface area is 247 Å². The van der Waals surface area contributed by atoms with Crippen LogP contribution in [0.2, 0.25) is 0 Å². The molecule has 2 saturated heterocycles. The van der Waals surface area contributed by atoms with Gasteiger partial charge in [-0.25, -0.2) is 0 Å². The summed E-state index contributed by atoms with van der Waals surface area (Å²) >= 11 is 0. The molecule has 0 bridgehead atoms. The Morgan fingerprint density at radius 3 is 2.60 bits per heavy atom. The number of aromatic hydroxyl groups is 1. The number of unbranched alkanes of at least 4 members (excludes halogenated alkanes) is 2. The highest BCUT2D eigenvalue weighted by molar-refractivity contribution is 6.06. The predicted octanol–water partition coefficient (Wildman–Crippen LogP) is 5.87. The number of phenols is 1. The summed E-state index contributed by atoms with van der Waals surface area (Å²) in [7, 11) is 0. The molecule has 3 heterocycles. The number of para-hydroxylation sites is 1. The number of amides is 2. The van der Waals surface area contributed by atoms with Crippen molar-refractivity contribution in [2.24, 2.45) is 17.8 Å². The van der Waals surface area contributed by atoms with Crippen LogP contribution >= 0.6 is 0 Å². The molecule has 2 aromatic rings. The van der Waals surface area contributed by atoms with E-state index in [1.807, 2.05) is 36.4 Å². The summed E-state index contributed by atoms with van der Waals surface area (Å²) in [4.78, 5) is 43.9. The lowest BCUT2D eigenvalue weighted by molar-refractivity contribution is -0.141. The van der Waals surface area contributed by atoms with Crippen molar-refractivity contribution in [3.8, 4) is 5.75 Å². The molecule has 5 rings (SSSR count). The van der Waals surface area contributed by atoms with Gasteiger partial charge in [-0.2, -0.15) is 0 Å². The number of phenolic OH excluding ortho intramolecular Hbond substituents is 1. The molecule has 8 nitrogen and oxygen atoms in total. The van der Waals surface area contributed by atoms with Gasteiger partial charge in [-0.05, 0) is 73.9 Å². The fourth-order valence-electron chi connectivity index (χ4n) is 6.93. The number of likely N-dealkylation sites (tertiary alicyclic amines) is 1. The average Bonchev–Trinajstić information content (AvgIpc) is 3.51. The van der Waals surface area contributed by atoms with E-state index in [0.29, 0.717) is 51.7 Å². The maximum Gasteiger partial charge on any atom is 0.303 e. The molecular weight excluding hydrogens is 532 g/mol. The fraction of sp³-hybridized carbons (Fsp3) is 0.471. The van der Waals surface area contributed by atoms with Gasteiger partial charge in [-0.3, -0.25) is 24.3 Å². The van der Waals surface area contributed by atoms with Crippen molar-refractivity contribution in [1.82, 2.24) is 9.88 Å². The van der Waals surface area contributed by atoms with Crippen molar-refractivity contribution in [3.63, 3.8) is 0 Å². The van der Waals surface area contributed by atoms with Crippen LogP contribution in [0.15, 0.2) is 59.8 Å². The fourth-order valence-corrected chi connectivity index (χ4v) is 6.93. The zero-order chi connectivity index (χ0) is 29.6. The molecule has 0 spiro atoms. The second kappa shape index (κ2) is 13.5. The number of carbonyl (C=O) groups is 3. The second-order valence-corrected chi connectivity index (χ2v) is 11.6. The summed E-state index contributed by atoms with van der Waals surface area (Å²) in [6.45, 7) is 2.92. The van der Waals surface area contributed by atoms with E-state index >= 15 is 0 Å². The summed E-state index contributed by atoms with van der Waals surface area (Å²) in [6.07, 6.45) is 9.37. The van der Waals surface area contributed by atoms with Gasteiger partial charge in [-0.15, -0.1) is 0 Å². The SMILES string of the molecule is CCCC1=C2[C@@H](CC/C(=C/c3ccccc3O)c3ccccn3)OC[C@@H]2[C@@H]2C(=O)N(CCCCCC(=O)O)C(=O)[C@@H]2C1. The molecular formula is C34H40N2O6. The summed E-state index contributed by atoms with van der Waals surface area (Å²) in [5.41, 5.74) is 5.05. The number of carboxylic acid groups (broad SMARTS) is 1. The van der Waals surface area contributed by atoms with Gasteiger partial charge in [0.05, 0.1) is 30.2 Å². The van der Waals surface area contributed by atoms with Crippen LogP contribution in [-0.2, 0) is 19.1 Å². The van der Waals surface area contributed by atoms with E-state index in [9.17, 15) is 19.5 Å². The van der Waals surface area contributed by atoms with Crippen molar-refractivity contribution >= 4 is 29.4 Å². The van der Waals surface area contributed by atoms with Crippen LogP contribution < -0.4 is 0 Å². The van der Waals surface area contributed by atoms with Crippen molar-refractivity contribution in [3.05, 3.63) is 71.1 Å². The van der Waals surface area contributed by atoms with E-state index in [-0.39, 0.29) is 47.8 Å². The van der Waals surface area contributed by atoms with E-state index in [1.54, 1.807) is 18.3 Å². The first kappa shape index (κ1) is 29.7. The second-order valence-electron chi connectivity index (χ2n) is 11.6. The molecule has 2 amide bonds. The first-order valence-corrected chi connectivity index (χ1v) is 15.2. The number of allylic oxidation sites excluding steroid dienone is 2. The van der Waals surface area contributed by atoms with Gasteiger partial charge in [-0.1, -0.05) is 49.6 Å². The van der Waals surface area contributed by atoms with Crippen LogP contribution in [0.3, 0.4) is 0 Å². The van der Waals surface area contributed by atoms with Gasteiger partial charge >= 0.3 is 5.97 Å². The molecule has 0 saturated carbocycles. The summed E-state index contributed by atoms with van der Waals surface area (Å²) in [5.74, 6) is -1.60. The van der Waals surface area contributed by atoms with Crippen molar-refractivity contribution in [2.75, 3.05) is 13.2 Å². The summed E-state index contributed by atoms with van der Waals surface area (Å²) in [6, 6.07) is 13.0. The average molecular weight is 573 g/mol. The Bertz CT molecular complexity index is 1370. The molecule has 42 heavy (non-hydrogen) atoms. The molecule has 1 aliphatic carbocycles. The molecule has 0 radical (unpaired) electrons. The van der Waals surface area contributed by atoms with E-state index < -0.39 is 5.97 Å². The number of benzene rings is 1. The van der Waals surface area contributed by atoms with Crippen LogP contribution in [0, 0.1) is 17.8 Å². The van der Waals surface area contributed by atoms with E-state index in [1.165, 1.54) is 16.0 Å². The third kappa shape index (κ3) is 6.33. The summed E-state index contributed by atoms with van der Waals surface area (Å²) < 4.78 is 6.41. The zero-order valence-electron chi connectivity index (χ0n) is 24.2. The molecule has 8 heteroatoms. The number of carbonyl (C=O) groups excluding carboxylic acids is 2. The number of carboxylic acids is 1. The highest BCUT2D eigenvalue weighted by Gasteiger charge is 2.56. The number of hydrogen-bond donors (Lipinski definition) is 2. The lowest BCUT2D eigenvalue weighted by Crippen LogP contribution is -2.34. The van der Waals surface area contributed by atoms with E-state index in [0.717, 1.165) is 29.7 Å². The van der Waals surface area contributed by atoms with Crippen molar-refractivity contribution < 1.29 is 29.3 Å². The lowest BCUT2D eigenvalue weighted by atomic mass is 9.68. The van der Waals surface area contributed by atoms with Gasteiger partial charge in [0, 0.05) is 30.6 Å². The number of nitrogens with zero attached hydrogens (tertiary/aromatic N) is 2. The third-order valence-corrected chi connectivity index (χ3v) is 8.86. The van der Waals surface area contributed by atoms with Gasteiger partial charge in [0.2, 0.25) is 11.8 Å². The van der Waals surface area contributed by atoms with Crippen LogP contribution in [-0.4, -0.2) is 57.1 Å². The maximum atomic E-state index is 13.6. The first-order chi connectivity index (χ1) is 20.4. The number of rotatable bonds is 13. The molecule has 2 fully saturated rings. The van der Waals surface area contributed by atoms with Crippen LogP contribution in [0.4, 0.5) is 0 Å². The normalized spacial score (nSPS) is 23.8. The minimum absolute atomic E-state index is 0.0811. The Morgan fingerprint density at radius 2 is 1.86 bits per heavy atom. The van der Waals surface area contributed by atoms with Gasteiger partial charge in [0.25, 0.3) is 0 Å². The quantitative estimate of drug-likeness (QED) is 0.175. The monoisotopic (exact) mass is 572 g/mol. The third-order valence-electron chi connectivity index (χ3n) is 8.86. The highest BCUT2D eigenvalue weighted by Crippen LogP contribution is 2.51. The Morgan fingerprint density at radius 1 is 1.05 bits per heavy atom. The maximum absolute atomic E-state index is 13.6. The number of aliphatic carboxylic acids is 1. The predicted molar refractivity (Wildman–Crippen MR) is 159 cm³/mol. The molecule has 2 N–H and O–H groups in total. The number of aromatic nitrogens is 1. The van der Waals surface area contributed by atoms with Crippen LogP contribution in [0.1, 0.15) is 76.0 Å². The molecule has 1 aromatic heterocycles. The van der Waals surface area contributed by atoms with Gasteiger partial charge < -0.3 is 14.9 Å². The first-order valence-electron chi connectivity index (χ1n) is 15.2. The number of hydrogen-bond acceptors (Lipinski definition) is 6. The van der Waals surface area contributed by atoms with E-state index in [4.69, 9.17) is 9.84 Å². The Balaban J connectivity index is 1.33. The lowest BCUT2D eigenvalue weighted by Gasteiger charge is -2.32. The largest absolute Gasteiger partial charge is 0.507 e. The Kier molecular flexibility index (Phi) is 9.52. The molecule has 1 aromatic carbocycles. The highest BCUT2D eigenvalue weighted by atomic mass is 16.5. The molecule has 2 aliphatic heterocycles. The zero-order valence-corrected chi connectivity index (χ0v) is 24.2. The topological polar surface area (TPSA) is 117 Å². The standard InChI is InChI=1S/C34H40N2O6/c1-2-10-24-20-25-32(34(41)36(33(25)40)18-9-3-4-14-30(38)39)26-21-42-29(31(24)26)16-15-22(27-12-7-8-17-35-27)19-23-11-5-6-13-28(23)37/h5-8,11-13,17,19,25-26,29,32,37H,2-4,9-10,14-16,18,20-21H2,1H3,(H,38,39)/b22-19-/t25-,26+,29-,32-/m1/s1. The van der Waals surface area contributed by atoms with Gasteiger partial charge in [0.1, 0.15) is 5.75 Å². The molecule has 3 aliphatic rings. The molecule has 0 unspecified atom stereocenters. The Hall–Kier alpha value is -3.78. The van der Waals surface area contributed by atoms with E-state index in [2.05, 4.69) is 11.9 Å². The van der Waals surface area contributed by atoms with Crippen LogP contribution in [0.5, 0.6) is 5.75 Å². The number of fused-ring (bicyclic) bond motifs is 3. The minimum Gasteiger partial charge on any atom is -0.507 e. The number of pyridine rings is 1. The van der Waals surface area contributed by atoms with Crippen molar-refractivity contribution in [2.45, 2.75) is 70.8 Å². The molecule has 4 atom stereocenters.